The minimum atomic E-state index is -0.807. The van der Waals surface area contributed by atoms with Crippen LogP contribution in [-0.2, 0) is 23.1 Å². The summed E-state index contributed by atoms with van der Waals surface area (Å²) in [7, 11) is 3.43. The summed E-state index contributed by atoms with van der Waals surface area (Å²) in [6.07, 6.45) is 2.78. The topological polar surface area (TPSA) is 71.8 Å². The van der Waals surface area contributed by atoms with E-state index >= 15 is 0 Å². The first-order valence-electron chi connectivity index (χ1n) is 11.5. The molecule has 4 aromatic rings. The van der Waals surface area contributed by atoms with Gasteiger partial charge in [0, 0.05) is 35.4 Å². The number of methoxy groups -OCH3 is 1. The van der Waals surface area contributed by atoms with E-state index in [1.165, 1.54) is 12.0 Å². The lowest BCUT2D eigenvalue weighted by Crippen LogP contribution is -2.29. The number of hydrogen-bond donors (Lipinski definition) is 1. The Labute approximate surface area is 203 Å². The van der Waals surface area contributed by atoms with E-state index in [1.807, 2.05) is 66.3 Å². The van der Waals surface area contributed by atoms with Crippen LogP contribution in [-0.4, -0.2) is 28.5 Å². The van der Waals surface area contributed by atoms with E-state index in [2.05, 4.69) is 6.92 Å². The summed E-state index contributed by atoms with van der Waals surface area (Å²) in [4.78, 5) is 28.5. The average Bonchev–Trinajstić information content (AvgIpc) is 3.37. The monoisotopic (exact) mass is 466 g/mol. The van der Waals surface area contributed by atoms with Crippen molar-refractivity contribution in [2.24, 2.45) is 7.05 Å². The van der Waals surface area contributed by atoms with Crippen molar-refractivity contribution in [3.63, 3.8) is 0 Å². The second-order valence-electron chi connectivity index (χ2n) is 8.60. The summed E-state index contributed by atoms with van der Waals surface area (Å²) in [5, 5.41) is 12.4. The fourth-order valence-corrected chi connectivity index (χ4v) is 4.86. The van der Waals surface area contributed by atoms with Gasteiger partial charge in [-0.15, -0.1) is 0 Å². The van der Waals surface area contributed by atoms with Gasteiger partial charge in [0.25, 0.3) is 11.7 Å². The van der Waals surface area contributed by atoms with Gasteiger partial charge in [-0.3, -0.25) is 14.5 Å². The Bertz CT molecular complexity index is 1480. The summed E-state index contributed by atoms with van der Waals surface area (Å²) >= 11 is 0. The highest BCUT2D eigenvalue weighted by atomic mass is 16.5. The van der Waals surface area contributed by atoms with Gasteiger partial charge in [-0.25, -0.2) is 0 Å². The number of nitrogens with zero attached hydrogens (tertiary/aromatic N) is 2. The average molecular weight is 467 g/mol. The fraction of sp³-hybridized carbons (Fsp3) is 0.172. The van der Waals surface area contributed by atoms with E-state index in [0.29, 0.717) is 17.0 Å². The number of rotatable bonds is 5. The Balaban J connectivity index is 1.80. The predicted molar refractivity (Wildman–Crippen MR) is 137 cm³/mol. The highest BCUT2D eigenvalue weighted by Crippen LogP contribution is 2.45. The number of anilines is 1. The quantitative estimate of drug-likeness (QED) is 0.244. The molecule has 35 heavy (non-hydrogen) atoms. The number of aromatic nitrogens is 1. The first-order valence-corrected chi connectivity index (χ1v) is 11.5. The number of ketones is 1. The van der Waals surface area contributed by atoms with Crippen LogP contribution in [0.15, 0.2) is 84.6 Å². The second kappa shape index (κ2) is 8.80. The molecule has 0 aliphatic carbocycles. The molecule has 0 saturated carbocycles. The summed E-state index contributed by atoms with van der Waals surface area (Å²) < 4.78 is 7.40. The van der Waals surface area contributed by atoms with Crippen molar-refractivity contribution in [3.05, 3.63) is 101 Å². The number of ether oxygens (including phenoxy) is 1. The highest BCUT2D eigenvalue weighted by molar-refractivity contribution is 6.52. The molecule has 6 nitrogen and oxygen atoms in total. The molecule has 1 aliphatic rings. The van der Waals surface area contributed by atoms with E-state index in [1.54, 1.807) is 24.3 Å². The number of aliphatic hydroxyl groups is 1. The number of Topliss-reactive ketones (excluding diaryl/α,β-unsaturated/α-hetero) is 1. The molecule has 1 amide bonds. The molecule has 0 radical (unpaired) electrons. The molecule has 0 bridgehead atoms. The Morgan fingerprint density at radius 2 is 1.66 bits per heavy atom. The number of amides is 1. The molecule has 176 valence electrons. The smallest absolute Gasteiger partial charge is 0.300 e. The predicted octanol–water partition coefficient (Wildman–Crippen LogP) is 5.38. The minimum absolute atomic E-state index is 0.0374. The van der Waals surface area contributed by atoms with E-state index < -0.39 is 17.7 Å². The first kappa shape index (κ1) is 22.5. The van der Waals surface area contributed by atoms with E-state index in [9.17, 15) is 14.7 Å². The van der Waals surface area contributed by atoms with Crippen LogP contribution in [0, 0.1) is 0 Å². The number of carbonyl (C=O) groups is 2. The van der Waals surface area contributed by atoms with Gasteiger partial charge in [-0.05, 0) is 42.3 Å². The molecule has 1 atom stereocenters. The fourth-order valence-electron chi connectivity index (χ4n) is 4.86. The van der Waals surface area contributed by atoms with Gasteiger partial charge in [-0.2, -0.15) is 0 Å². The summed E-state index contributed by atoms with van der Waals surface area (Å²) in [6, 6.07) is 21.6. The molecule has 0 spiro atoms. The van der Waals surface area contributed by atoms with Crippen LogP contribution >= 0.6 is 0 Å². The standard InChI is InChI=1S/C29H26N2O4/c1-4-18-13-15-19(16-14-18)31-26(22-17-30(2)23-11-7-5-9-20(22)23)25(28(33)29(31)34)27(32)21-10-6-8-12-24(21)35-3/h5-17,26,32H,4H2,1-3H3/b27-25+. The number of aliphatic hydroxyl groups excluding tert-OH is 1. The summed E-state index contributed by atoms with van der Waals surface area (Å²) in [5.74, 6) is -1.25. The first-order chi connectivity index (χ1) is 17.0. The molecule has 3 aromatic carbocycles. The number of fused-ring (bicyclic) bond motifs is 1. The van der Waals surface area contributed by atoms with Crippen LogP contribution < -0.4 is 9.64 Å². The molecule has 1 N–H and O–H groups in total. The number of aryl methyl sites for hydroxylation is 2. The van der Waals surface area contributed by atoms with Crippen molar-refractivity contribution >= 4 is 34.0 Å². The summed E-state index contributed by atoms with van der Waals surface area (Å²) in [5.41, 5.74) is 3.85. The zero-order valence-electron chi connectivity index (χ0n) is 19.9. The number of hydrogen-bond acceptors (Lipinski definition) is 4. The van der Waals surface area contributed by atoms with Gasteiger partial charge in [0.15, 0.2) is 0 Å². The maximum absolute atomic E-state index is 13.5. The van der Waals surface area contributed by atoms with Gasteiger partial charge >= 0.3 is 0 Å². The summed E-state index contributed by atoms with van der Waals surface area (Å²) in [6.45, 7) is 2.06. The number of para-hydroxylation sites is 2. The molecule has 1 aliphatic heterocycles. The molecule has 1 fully saturated rings. The van der Waals surface area contributed by atoms with Crippen molar-refractivity contribution in [2.75, 3.05) is 12.0 Å². The van der Waals surface area contributed by atoms with Gasteiger partial charge in [0.05, 0.1) is 24.3 Å². The molecule has 1 saturated heterocycles. The molecule has 2 heterocycles. The largest absolute Gasteiger partial charge is 0.507 e. The maximum Gasteiger partial charge on any atom is 0.300 e. The lowest BCUT2D eigenvalue weighted by molar-refractivity contribution is -0.132. The van der Waals surface area contributed by atoms with Gasteiger partial charge in [0.1, 0.15) is 11.5 Å². The third-order valence-corrected chi connectivity index (χ3v) is 6.65. The van der Waals surface area contributed by atoms with Crippen molar-refractivity contribution in [1.29, 1.82) is 0 Å². The highest BCUT2D eigenvalue weighted by Gasteiger charge is 2.48. The van der Waals surface area contributed by atoms with Crippen molar-refractivity contribution < 1.29 is 19.4 Å². The zero-order valence-corrected chi connectivity index (χ0v) is 19.9. The van der Waals surface area contributed by atoms with Gasteiger partial charge in [0.2, 0.25) is 0 Å². The molecular formula is C29H26N2O4. The molecule has 1 unspecified atom stereocenters. The van der Waals surface area contributed by atoms with Crippen molar-refractivity contribution in [1.82, 2.24) is 4.57 Å². The van der Waals surface area contributed by atoms with Crippen LogP contribution in [0.3, 0.4) is 0 Å². The number of carbonyl (C=O) groups excluding carboxylic acids is 2. The normalized spacial score (nSPS) is 17.3. The Morgan fingerprint density at radius 1 is 0.971 bits per heavy atom. The minimum Gasteiger partial charge on any atom is -0.507 e. The van der Waals surface area contributed by atoms with Crippen LogP contribution in [0.2, 0.25) is 0 Å². The molecular weight excluding hydrogens is 440 g/mol. The molecule has 1 aromatic heterocycles. The van der Waals surface area contributed by atoms with Gasteiger partial charge in [-0.1, -0.05) is 49.4 Å². The van der Waals surface area contributed by atoms with Crippen LogP contribution in [0.1, 0.15) is 29.7 Å². The van der Waals surface area contributed by atoms with E-state index in [-0.39, 0.29) is 11.3 Å². The third-order valence-electron chi connectivity index (χ3n) is 6.65. The zero-order chi connectivity index (χ0) is 24.7. The van der Waals surface area contributed by atoms with Crippen LogP contribution in [0.25, 0.3) is 16.7 Å². The second-order valence-corrected chi connectivity index (χ2v) is 8.60. The SMILES string of the molecule is CCc1ccc(N2C(=O)C(=O)/C(=C(/O)c3ccccc3OC)C2c2cn(C)c3ccccc23)cc1. The third kappa shape index (κ3) is 3.58. The number of benzene rings is 3. The Hall–Kier alpha value is -4.32. The lowest BCUT2D eigenvalue weighted by Gasteiger charge is -2.25. The van der Waals surface area contributed by atoms with E-state index in [4.69, 9.17) is 4.74 Å². The van der Waals surface area contributed by atoms with E-state index in [0.717, 1.165) is 28.5 Å². The van der Waals surface area contributed by atoms with Crippen LogP contribution in [0.5, 0.6) is 5.75 Å². The van der Waals surface area contributed by atoms with Crippen LogP contribution in [0.4, 0.5) is 5.69 Å². The Morgan fingerprint density at radius 3 is 2.37 bits per heavy atom. The van der Waals surface area contributed by atoms with Crippen molar-refractivity contribution in [3.8, 4) is 5.75 Å². The maximum atomic E-state index is 13.5. The Kier molecular flexibility index (Phi) is 5.65. The van der Waals surface area contributed by atoms with Gasteiger partial charge < -0.3 is 14.4 Å². The molecule has 5 rings (SSSR count). The van der Waals surface area contributed by atoms with Crippen molar-refractivity contribution in [2.45, 2.75) is 19.4 Å². The lowest BCUT2D eigenvalue weighted by atomic mass is 9.94. The molecule has 6 heteroatoms.